The third kappa shape index (κ3) is 3.84. The SMILES string of the molecule is CCn1cc(-c2nc(CC(=O)Nc3ccc(OC)c(F)c3)cs2)c2cccnc21. The normalized spacial score (nSPS) is 11.0. The van der Waals surface area contributed by atoms with Crippen molar-refractivity contribution in [3.05, 3.63) is 59.6 Å². The first-order valence-corrected chi connectivity index (χ1v) is 9.99. The van der Waals surface area contributed by atoms with E-state index in [2.05, 4.69) is 26.8 Å². The van der Waals surface area contributed by atoms with E-state index in [1.54, 1.807) is 12.3 Å². The van der Waals surface area contributed by atoms with Gasteiger partial charge in [-0.2, -0.15) is 0 Å². The standard InChI is InChI=1S/C21H19FN4O2S/c1-3-26-11-16(15-5-4-8-23-20(15)26)21-25-14(12-29-21)10-19(27)24-13-6-7-18(28-2)17(22)9-13/h4-9,11-12H,3,10H2,1-2H3,(H,24,27). The molecule has 6 nitrogen and oxygen atoms in total. The van der Waals surface area contributed by atoms with Crippen LogP contribution >= 0.6 is 11.3 Å². The zero-order chi connectivity index (χ0) is 20.4. The number of carbonyl (C=O) groups excluding carboxylic acids is 1. The van der Waals surface area contributed by atoms with E-state index in [4.69, 9.17) is 4.74 Å². The molecule has 1 aromatic carbocycles. The topological polar surface area (TPSA) is 69.0 Å². The summed E-state index contributed by atoms with van der Waals surface area (Å²) in [6.07, 6.45) is 3.92. The third-order valence-electron chi connectivity index (χ3n) is 4.53. The number of amides is 1. The van der Waals surface area contributed by atoms with E-state index in [0.717, 1.165) is 28.1 Å². The van der Waals surface area contributed by atoms with Crippen LogP contribution in [0.4, 0.5) is 10.1 Å². The van der Waals surface area contributed by atoms with E-state index in [1.807, 2.05) is 23.7 Å². The number of benzene rings is 1. The van der Waals surface area contributed by atoms with Crippen LogP contribution in [0.2, 0.25) is 0 Å². The molecule has 0 bridgehead atoms. The van der Waals surface area contributed by atoms with Gasteiger partial charge in [0.25, 0.3) is 0 Å². The number of methoxy groups -OCH3 is 1. The van der Waals surface area contributed by atoms with E-state index >= 15 is 0 Å². The molecule has 8 heteroatoms. The highest BCUT2D eigenvalue weighted by Gasteiger charge is 2.15. The van der Waals surface area contributed by atoms with Crippen LogP contribution in [-0.4, -0.2) is 27.6 Å². The predicted molar refractivity (Wildman–Crippen MR) is 112 cm³/mol. The molecule has 148 valence electrons. The second kappa shape index (κ2) is 8.00. The maximum atomic E-state index is 13.8. The number of hydrogen-bond acceptors (Lipinski definition) is 5. The fraction of sp³-hybridized carbons (Fsp3) is 0.190. The first-order chi connectivity index (χ1) is 14.1. The minimum atomic E-state index is -0.526. The van der Waals surface area contributed by atoms with Crippen molar-refractivity contribution < 1.29 is 13.9 Å². The Balaban J connectivity index is 1.51. The van der Waals surface area contributed by atoms with Crippen LogP contribution in [0.25, 0.3) is 21.6 Å². The summed E-state index contributed by atoms with van der Waals surface area (Å²) < 4.78 is 20.7. The van der Waals surface area contributed by atoms with Gasteiger partial charge in [0, 0.05) is 47.0 Å². The zero-order valence-corrected chi connectivity index (χ0v) is 16.8. The number of aromatic nitrogens is 3. The van der Waals surface area contributed by atoms with E-state index in [0.29, 0.717) is 11.4 Å². The maximum absolute atomic E-state index is 13.8. The average molecular weight is 410 g/mol. The molecule has 0 aliphatic carbocycles. The summed E-state index contributed by atoms with van der Waals surface area (Å²) in [6, 6.07) is 8.23. The highest BCUT2D eigenvalue weighted by molar-refractivity contribution is 7.13. The molecule has 0 aliphatic rings. The van der Waals surface area contributed by atoms with Gasteiger partial charge in [-0.05, 0) is 31.2 Å². The highest BCUT2D eigenvalue weighted by Crippen LogP contribution is 2.32. The molecule has 3 heterocycles. The number of ether oxygens (including phenoxy) is 1. The summed E-state index contributed by atoms with van der Waals surface area (Å²) in [6.45, 7) is 2.88. The zero-order valence-electron chi connectivity index (χ0n) is 16.0. The van der Waals surface area contributed by atoms with E-state index in [9.17, 15) is 9.18 Å². The van der Waals surface area contributed by atoms with Gasteiger partial charge >= 0.3 is 0 Å². The summed E-state index contributed by atoms with van der Waals surface area (Å²) >= 11 is 1.49. The molecule has 4 aromatic rings. The van der Waals surface area contributed by atoms with Gasteiger partial charge < -0.3 is 14.6 Å². The van der Waals surface area contributed by atoms with Crippen LogP contribution in [0.3, 0.4) is 0 Å². The summed E-state index contributed by atoms with van der Waals surface area (Å²) in [7, 11) is 1.39. The number of pyridine rings is 1. The first-order valence-electron chi connectivity index (χ1n) is 9.11. The fourth-order valence-electron chi connectivity index (χ4n) is 3.16. The van der Waals surface area contributed by atoms with Crippen molar-refractivity contribution >= 4 is 34.0 Å². The second-order valence-electron chi connectivity index (χ2n) is 6.42. The number of thiazole rings is 1. The number of nitrogens with one attached hydrogen (secondary N) is 1. The number of rotatable bonds is 6. The van der Waals surface area contributed by atoms with Gasteiger partial charge in [-0.3, -0.25) is 4.79 Å². The Morgan fingerprint density at radius 2 is 2.21 bits per heavy atom. The Kier molecular flexibility index (Phi) is 5.26. The van der Waals surface area contributed by atoms with Crippen molar-refractivity contribution in [1.29, 1.82) is 0 Å². The van der Waals surface area contributed by atoms with E-state index in [1.165, 1.54) is 30.6 Å². The molecule has 0 unspecified atom stereocenters. The second-order valence-corrected chi connectivity index (χ2v) is 7.28. The van der Waals surface area contributed by atoms with Crippen LogP contribution < -0.4 is 10.1 Å². The lowest BCUT2D eigenvalue weighted by atomic mass is 10.2. The molecular formula is C21H19FN4O2S. The Morgan fingerprint density at radius 1 is 1.34 bits per heavy atom. The van der Waals surface area contributed by atoms with E-state index in [-0.39, 0.29) is 18.1 Å². The first kappa shape index (κ1) is 19.1. The Labute approximate surface area is 171 Å². The van der Waals surface area contributed by atoms with Crippen molar-refractivity contribution in [2.24, 2.45) is 0 Å². The number of fused-ring (bicyclic) bond motifs is 1. The number of aryl methyl sites for hydroxylation is 1. The molecule has 0 atom stereocenters. The molecule has 0 spiro atoms. The lowest BCUT2D eigenvalue weighted by molar-refractivity contribution is -0.115. The van der Waals surface area contributed by atoms with Crippen LogP contribution in [0.5, 0.6) is 5.75 Å². The quantitative estimate of drug-likeness (QED) is 0.508. The van der Waals surface area contributed by atoms with Crippen LogP contribution in [-0.2, 0) is 17.8 Å². The Bertz CT molecular complexity index is 1180. The molecule has 1 amide bonds. The number of hydrogen-bond donors (Lipinski definition) is 1. The Morgan fingerprint density at radius 3 is 2.97 bits per heavy atom. The molecule has 0 radical (unpaired) electrons. The molecule has 3 aromatic heterocycles. The summed E-state index contributed by atoms with van der Waals surface area (Å²) in [4.78, 5) is 21.4. The molecular weight excluding hydrogens is 391 g/mol. The number of anilines is 1. The van der Waals surface area contributed by atoms with Crippen LogP contribution in [0, 0.1) is 5.82 Å². The molecule has 4 rings (SSSR count). The summed E-state index contributed by atoms with van der Waals surface area (Å²) in [5.74, 6) is -0.654. The lowest BCUT2D eigenvalue weighted by Crippen LogP contribution is -2.14. The molecule has 0 fully saturated rings. The smallest absolute Gasteiger partial charge is 0.230 e. The fourth-order valence-corrected chi connectivity index (χ4v) is 4.00. The van der Waals surface area contributed by atoms with Gasteiger partial charge in [0.2, 0.25) is 5.91 Å². The van der Waals surface area contributed by atoms with Gasteiger partial charge in [-0.25, -0.2) is 14.4 Å². The van der Waals surface area contributed by atoms with Gasteiger partial charge in [0.15, 0.2) is 11.6 Å². The Hall–Kier alpha value is -3.26. The van der Waals surface area contributed by atoms with Gasteiger partial charge in [-0.1, -0.05) is 0 Å². The lowest BCUT2D eigenvalue weighted by Gasteiger charge is -2.06. The largest absolute Gasteiger partial charge is 0.494 e. The van der Waals surface area contributed by atoms with Gasteiger partial charge in [0.1, 0.15) is 10.7 Å². The van der Waals surface area contributed by atoms with Gasteiger partial charge in [0.05, 0.1) is 19.2 Å². The minimum Gasteiger partial charge on any atom is -0.494 e. The van der Waals surface area contributed by atoms with Crippen molar-refractivity contribution in [2.75, 3.05) is 12.4 Å². The van der Waals surface area contributed by atoms with Crippen LogP contribution in [0.1, 0.15) is 12.6 Å². The highest BCUT2D eigenvalue weighted by atomic mass is 32.1. The monoisotopic (exact) mass is 410 g/mol. The van der Waals surface area contributed by atoms with Crippen molar-refractivity contribution in [1.82, 2.24) is 14.5 Å². The molecule has 29 heavy (non-hydrogen) atoms. The van der Waals surface area contributed by atoms with Crippen LogP contribution in [0.15, 0.2) is 48.1 Å². The minimum absolute atomic E-state index is 0.106. The summed E-state index contributed by atoms with van der Waals surface area (Å²) in [5, 5.41) is 6.44. The van der Waals surface area contributed by atoms with Crippen molar-refractivity contribution in [2.45, 2.75) is 19.9 Å². The maximum Gasteiger partial charge on any atom is 0.230 e. The average Bonchev–Trinajstić information content (AvgIpc) is 3.32. The van der Waals surface area contributed by atoms with Gasteiger partial charge in [-0.15, -0.1) is 11.3 Å². The number of carbonyl (C=O) groups is 1. The predicted octanol–water partition coefficient (Wildman–Crippen LogP) is 4.51. The molecule has 0 aliphatic heterocycles. The number of nitrogens with zero attached hydrogens (tertiary/aromatic N) is 3. The molecule has 0 saturated carbocycles. The molecule has 0 saturated heterocycles. The third-order valence-corrected chi connectivity index (χ3v) is 5.46. The molecule has 1 N–H and O–H groups in total. The van der Waals surface area contributed by atoms with E-state index < -0.39 is 5.82 Å². The van der Waals surface area contributed by atoms with Crippen molar-refractivity contribution in [3.8, 4) is 16.3 Å². The number of halogens is 1. The van der Waals surface area contributed by atoms with Crippen molar-refractivity contribution in [3.63, 3.8) is 0 Å². The summed E-state index contributed by atoms with van der Waals surface area (Å²) in [5.41, 5.74) is 2.96.